The van der Waals surface area contributed by atoms with Crippen LogP contribution in [0.5, 0.6) is 0 Å². The summed E-state index contributed by atoms with van der Waals surface area (Å²) in [6, 6.07) is 0. The maximum Gasteiger partial charge on any atom is 0.308 e. The summed E-state index contributed by atoms with van der Waals surface area (Å²) in [6.45, 7) is 24.0. The van der Waals surface area contributed by atoms with Crippen LogP contribution in [0.4, 0.5) is 0 Å². The summed E-state index contributed by atoms with van der Waals surface area (Å²) >= 11 is 0. The predicted octanol–water partition coefficient (Wildman–Crippen LogP) is 7.95. The second-order valence-electron chi connectivity index (χ2n) is 13.0. The monoisotopic (exact) mass is 626 g/mol. The molecule has 4 saturated carbocycles. The zero-order valence-electron chi connectivity index (χ0n) is 29.6. The van der Waals surface area contributed by atoms with Crippen LogP contribution in [0.15, 0.2) is 12.5 Å². The zero-order chi connectivity index (χ0) is 33.8. The standard InChI is InChI=1S/C30H48O8.3C2H6/c1-6-27(35)37-16-36-18(3)38-20-11-12-29(4)19(13-20)14-24(31)28-22-9-8-21(17(2)7-10-26(33)34)30(22,5)25(32)15-23(28)29;3*1-2/h17,19-25,28,31-32H,3,6-16H2,1-2,4-5H3,(H,33,34);3*1-2H3/t17?,19?,20?,21?,22?,23?,24-,25+,28?,29?,30?;;;/m1.../s1. The maximum absolute atomic E-state index is 11.7. The average Bonchev–Trinajstić information content (AvgIpc) is 3.38. The van der Waals surface area contributed by atoms with Crippen molar-refractivity contribution in [1.82, 2.24) is 0 Å². The van der Waals surface area contributed by atoms with Crippen molar-refractivity contribution in [3.63, 3.8) is 0 Å². The highest BCUT2D eigenvalue weighted by atomic mass is 16.7. The van der Waals surface area contributed by atoms with E-state index in [1.807, 2.05) is 41.5 Å². The summed E-state index contributed by atoms with van der Waals surface area (Å²) in [5.74, 6) is 0.451. The van der Waals surface area contributed by atoms with Crippen molar-refractivity contribution in [2.45, 2.75) is 152 Å². The Morgan fingerprint density at radius 3 is 2.16 bits per heavy atom. The lowest BCUT2D eigenvalue weighted by molar-refractivity contribution is -0.210. The van der Waals surface area contributed by atoms with E-state index >= 15 is 0 Å². The van der Waals surface area contributed by atoms with E-state index in [0.29, 0.717) is 12.8 Å². The van der Waals surface area contributed by atoms with Gasteiger partial charge in [-0.05, 0) is 104 Å². The number of rotatable bonds is 10. The fourth-order valence-electron chi connectivity index (χ4n) is 9.26. The average molecular weight is 627 g/mol. The van der Waals surface area contributed by atoms with E-state index < -0.39 is 18.2 Å². The van der Waals surface area contributed by atoms with E-state index in [0.717, 1.165) is 38.5 Å². The largest absolute Gasteiger partial charge is 0.481 e. The van der Waals surface area contributed by atoms with Crippen LogP contribution in [-0.2, 0) is 23.8 Å². The number of fused-ring (bicyclic) bond motifs is 5. The molecule has 8 heteroatoms. The number of ether oxygens (including phenoxy) is 3. The molecule has 9 unspecified atom stereocenters. The molecule has 11 atom stereocenters. The van der Waals surface area contributed by atoms with Crippen LogP contribution in [0.3, 0.4) is 0 Å². The summed E-state index contributed by atoms with van der Waals surface area (Å²) < 4.78 is 16.3. The van der Waals surface area contributed by atoms with Crippen molar-refractivity contribution in [3.8, 4) is 0 Å². The number of aliphatic carboxylic acids is 1. The molecule has 0 bridgehead atoms. The third kappa shape index (κ3) is 8.71. The summed E-state index contributed by atoms with van der Waals surface area (Å²) in [6.07, 6.45) is 6.09. The van der Waals surface area contributed by atoms with Gasteiger partial charge < -0.3 is 29.5 Å². The molecule has 0 aromatic rings. The van der Waals surface area contributed by atoms with Gasteiger partial charge in [0.05, 0.1) is 12.2 Å². The number of carbonyl (C=O) groups excluding carboxylic acids is 1. The van der Waals surface area contributed by atoms with E-state index in [4.69, 9.17) is 14.2 Å². The first-order valence-electron chi connectivity index (χ1n) is 17.6. The van der Waals surface area contributed by atoms with Gasteiger partial charge in [0.25, 0.3) is 5.95 Å². The van der Waals surface area contributed by atoms with Gasteiger partial charge in [0, 0.05) is 12.8 Å². The second-order valence-corrected chi connectivity index (χ2v) is 13.0. The van der Waals surface area contributed by atoms with E-state index in [2.05, 4.69) is 27.4 Å². The van der Waals surface area contributed by atoms with Gasteiger partial charge in [-0.2, -0.15) is 0 Å². The summed E-state index contributed by atoms with van der Waals surface area (Å²) in [7, 11) is 0. The molecule has 0 aromatic heterocycles. The van der Waals surface area contributed by atoms with E-state index in [1.165, 1.54) is 0 Å². The van der Waals surface area contributed by atoms with Crippen LogP contribution in [0, 0.1) is 46.3 Å². The maximum atomic E-state index is 11.7. The number of esters is 1. The number of carbonyl (C=O) groups is 2. The molecular weight excluding hydrogens is 560 g/mol. The lowest BCUT2D eigenvalue weighted by Crippen LogP contribution is -2.62. The SMILES string of the molecule is C=C(OCOC(=O)CC)OC1CCC2(C)C(C1)C[C@@H](O)C1C2C[C@H](O)C2(C)C(C(C)CCC(=O)O)CCC12.CC.CC.CC. The number of hydrogen-bond donors (Lipinski definition) is 3. The molecule has 4 aliphatic carbocycles. The molecule has 0 radical (unpaired) electrons. The van der Waals surface area contributed by atoms with Gasteiger partial charge >= 0.3 is 11.9 Å². The normalized spacial score (nSPS) is 37.3. The lowest BCUT2D eigenvalue weighted by atomic mass is 9.43. The molecule has 4 aliphatic rings. The summed E-state index contributed by atoms with van der Waals surface area (Å²) in [5.41, 5.74) is -0.280. The predicted molar refractivity (Wildman–Crippen MR) is 174 cm³/mol. The Bertz CT molecular complexity index is 891. The molecule has 0 amide bonds. The Labute approximate surface area is 268 Å². The summed E-state index contributed by atoms with van der Waals surface area (Å²) in [5, 5.41) is 32.5. The first-order valence-corrected chi connectivity index (χ1v) is 17.6. The fourth-order valence-corrected chi connectivity index (χ4v) is 9.26. The first-order chi connectivity index (χ1) is 20.9. The molecule has 4 rings (SSSR count). The summed E-state index contributed by atoms with van der Waals surface area (Å²) in [4.78, 5) is 22.5. The first kappa shape index (κ1) is 40.2. The Balaban J connectivity index is 0.00000152. The molecule has 3 N–H and O–H groups in total. The zero-order valence-corrected chi connectivity index (χ0v) is 29.6. The Kier molecular flexibility index (Phi) is 16.8. The minimum atomic E-state index is -0.767. The molecule has 0 heterocycles. The van der Waals surface area contributed by atoms with Crippen molar-refractivity contribution in [3.05, 3.63) is 12.5 Å². The van der Waals surface area contributed by atoms with Gasteiger partial charge in [0.2, 0.25) is 6.79 Å². The minimum absolute atomic E-state index is 0.0118. The number of aliphatic hydroxyl groups excluding tert-OH is 2. The second kappa shape index (κ2) is 18.4. The third-order valence-electron chi connectivity index (χ3n) is 11.3. The Hall–Kier alpha value is -1.80. The fraction of sp³-hybridized carbons (Fsp3) is 0.889. The van der Waals surface area contributed by atoms with Crippen LogP contribution >= 0.6 is 0 Å². The van der Waals surface area contributed by atoms with Crippen molar-refractivity contribution >= 4 is 11.9 Å². The van der Waals surface area contributed by atoms with Crippen LogP contribution in [-0.4, -0.2) is 52.4 Å². The number of hydrogen-bond acceptors (Lipinski definition) is 7. The number of carboxylic acid groups (broad SMARTS) is 1. The molecule has 0 saturated heterocycles. The molecule has 44 heavy (non-hydrogen) atoms. The van der Waals surface area contributed by atoms with Gasteiger partial charge in [0.1, 0.15) is 6.10 Å². The minimum Gasteiger partial charge on any atom is -0.481 e. The smallest absolute Gasteiger partial charge is 0.308 e. The van der Waals surface area contributed by atoms with E-state index in [9.17, 15) is 24.9 Å². The van der Waals surface area contributed by atoms with E-state index in [1.54, 1.807) is 6.92 Å². The van der Waals surface area contributed by atoms with Crippen molar-refractivity contribution < 1.29 is 39.1 Å². The highest BCUT2D eigenvalue weighted by Crippen LogP contribution is 2.68. The van der Waals surface area contributed by atoms with Gasteiger partial charge in [0.15, 0.2) is 0 Å². The van der Waals surface area contributed by atoms with Gasteiger partial charge in [-0.15, -0.1) is 0 Å². The molecule has 4 fully saturated rings. The van der Waals surface area contributed by atoms with Crippen molar-refractivity contribution in [2.75, 3.05) is 6.79 Å². The molecule has 0 spiro atoms. The molecular formula is C36H66O8. The number of aliphatic hydroxyl groups is 2. The molecule has 0 aromatic carbocycles. The van der Waals surface area contributed by atoms with Gasteiger partial charge in [-0.3, -0.25) is 9.59 Å². The van der Waals surface area contributed by atoms with Crippen LogP contribution < -0.4 is 0 Å². The molecule has 8 nitrogen and oxygen atoms in total. The van der Waals surface area contributed by atoms with Crippen molar-refractivity contribution in [2.24, 2.45) is 46.3 Å². The molecule has 0 aliphatic heterocycles. The van der Waals surface area contributed by atoms with Crippen LogP contribution in [0.2, 0.25) is 0 Å². The van der Waals surface area contributed by atoms with Crippen LogP contribution in [0.25, 0.3) is 0 Å². The van der Waals surface area contributed by atoms with Crippen molar-refractivity contribution in [1.29, 1.82) is 0 Å². The highest BCUT2D eigenvalue weighted by Gasteiger charge is 2.65. The third-order valence-corrected chi connectivity index (χ3v) is 11.3. The highest BCUT2D eigenvalue weighted by molar-refractivity contribution is 5.68. The topological polar surface area (TPSA) is 123 Å². The lowest BCUT2D eigenvalue weighted by Gasteiger charge is -2.63. The van der Waals surface area contributed by atoms with Gasteiger partial charge in [-0.1, -0.05) is 69.2 Å². The van der Waals surface area contributed by atoms with E-state index in [-0.39, 0.29) is 84.0 Å². The Morgan fingerprint density at radius 1 is 0.932 bits per heavy atom. The quantitative estimate of drug-likeness (QED) is 0.127. The molecule has 258 valence electrons. The van der Waals surface area contributed by atoms with Crippen LogP contribution in [0.1, 0.15) is 133 Å². The Morgan fingerprint density at radius 2 is 1.57 bits per heavy atom. The number of carboxylic acids is 1. The van der Waals surface area contributed by atoms with Gasteiger partial charge in [-0.25, -0.2) is 0 Å².